The van der Waals surface area contributed by atoms with Gasteiger partial charge < -0.3 is 10.2 Å². The summed E-state index contributed by atoms with van der Waals surface area (Å²) in [4.78, 5) is 34.6. The van der Waals surface area contributed by atoms with Gasteiger partial charge in [-0.15, -0.1) is 0 Å². The van der Waals surface area contributed by atoms with Crippen molar-refractivity contribution in [2.45, 2.75) is 6.42 Å². The SMILES string of the molecule is CN(CCc1ccncc1)C(=O)c1cc(C(=O)Nc2cccc(F)c2)ccn1. The van der Waals surface area contributed by atoms with E-state index in [9.17, 15) is 14.0 Å². The number of likely N-dealkylation sites (N-methyl/N-ethyl adjacent to an activating group) is 1. The summed E-state index contributed by atoms with van der Waals surface area (Å²) >= 11 is 0. The Balaban J connectivity index is 1.66. The van der Waals surface area contributed by atoms with Gasteiger partial charge in [0, 0.05) is 43.4 Å². The van der Waals surface area contributed by atoms with Crippen molar-refractivity contribution in [3.63, 3.8) is 0 Å². The maximum atomic E-state index is 13.3. The molecule has 2 heterocycles. The van der Waals surface area contributed by atoms with E-state index in [2.05, 4.69) is 15.3 Å². The van der Waals surface area contributed by atoms with Crippen LogP contribution in [0.5, 0.6) is 0 Å². The number of pyridine rings is 2. The van der Waals surface area contributed by atoms with Gasteiger partial charge in [0.25, 0.3) is 11.8 Å². The number of amides is 2. The zero-order valence-electron chi connectivity index (χ0n) is 15.3. The molecule has 0 radical (unpaired) electrons. The minimum absolute atomic E-state index is 0.170. The normalized spacial score (nSPS) is 10.4. The van der Waals surface area contributed by atoms with Gasteiger partial charge in [0.2, 0.25) is 0 Å². The first-order valence-corrected chi connectivity index (χ1v) is 8.70. The quantitative estimate of drug-likeness (QED) is 0.715. The molecule has 3 aromatic rings. The lowest BCUT2D eigenvalue weighted by atomic mass is 10.1. The van der Waals surface area contributed by atoms with E-state index in [0.717, 1.165) is 5.56 Å². The van der Waals surface area contributed by atoms with Crippen molar-refractivity contribution in [3.05, 3.63) is 89.8 Å². The van der Waals surface area contributed by atoms with Gasteiger partial charge in [0.05, 0.1) is 0 Å². The van der Waals surface area contributed by atoms with E-state index in [1.807, 2.05) is 12.1 Å². The topological polar surface area (TPSA) is 75.2 Å². The molecule has 2 amide bonds. The number of benzene rings is 1. The minimum atomic E-state index is -0.445. The standard InChI is InChI=1S/C21H19FN4O2/c1-26(12-8-15-5-9-23-10-6-15)21(28)19-13-16(7-11-24-19)20(27)25-18-4-2-3-17(22)14-18/h2-7,9-11,13-14H,8,12H2,1H3,(H,25,27). The maximum absolute atomic E-state index is 13.3. The molecule has 0 atom stereocenters. The van der Waals surface area contributed by atoms with Gasteiger partial charge in [0.1, 0.15) is 11.5 Å². The van der Waals surface area contributed by atoms with E-state index >= 15 is 0 Å². The smallest absolute Gasteiger partial charge is 0.272 e. The summed E-state index contributed by atoms with van der Waals surface area (Å²) in [5.74, 6) is -1.17. The van der Waals surface area contributed by atoms with Crippen molar-refractivity contribution < 1.29 is 14.0 Å². The molecule has 0 unspecified atom stereocenters. The second kappa shape index (κ2) is 8.85. The Morgan fingerprint density at radius 1 is 1.07 bits per heavy atom. The van der Waals surface area contributed by atoms with Crippen molar-refractivity contribution in [2.24, 2.45) is 0 Å². The number of hydrogen-bond donors (Lipinski definition) is 1. The molecule has 28 heavy (non-hydrogen) atoms. The zero-order chi connectivity index (χ0) is 19.9. The van der Waals surface area contributed by atoms with E-state index in [1.165, 1.54) is 36.5 Å². The number of halogens is 1. The van der Waals surface area contributed by atoms with Crippen LogP contribution >= 0.6 is 0 Å². The van der Waals surface area contributed by atoms with Gasteiger partial charge in [-0.05, 0) is 54.4 Å². The molecule has 0 bridgehead atoms. The number of aromatic nitrogens is 2. The zero-order valence-corrected chi connectivity index (χ0v) is 15.3. The first-order valence-electron chi connectivity index (χ1n) is 8.70. The van der Waals surface area contributed by atoms with Crippen LogP contribution in [0.2, 0.25) is 0 Å². The van der Waals surface area contributed by atoms with Crippen molar-refractivity contribution in [2.75, 3.05) is 18.9 Å². The fourth-order valence-corrected chi connectivity index (χ4v) is 2.60. The summed E-state index contributed by atoms with van der Waals surface area (Å²) in [6.45, 7) is 0.504. The van der Waals surface area contributed by atoms with Crippen molar-refractivity contribution >= 4 is 17.5 Å². The highest BCUT2D eigenvalue weighted by molar-refractivity contribution is 6.05. The maximum Gasteiger partial charge on any atom is 0.272 e. The van der Waals surface area contributed by atoms with E-state index < -0.39 is 11.7 Å². The molecule has 0 fully saturated rings. The summed E-state index contributed by atoms with van der Waals surface area (Å²) in [5, 5.41) is 2.60. The molecule has 1 aromatic carbocycles. The monoisotopic (exact) mass is 378 g/mol. The van der Waals surface area contributed by atoms with Crippen LogP contribution in [0.3, 0.4) is 0 Å². The summed E-state index contributed by atoms with van der Waals surface area (Å²) in [7, 11) is 1.69. The molecule has 7 heteroatoms. The summed E-state index contributed by atoms with van der Waals surface area (Å²) < 4.78 is 13.3. The number of carbonyl (C=O) groups excluding carboxylic acids is 2. The lowest BCUT2D eigenvalue weighted by Gasteiger charge is -2.17. The minimum Gasteiger partial charge on any atom is -0.340 e. The number of carbonyl (C=O) groups is 2. The van der Waals surface area contributed by atoms with Crippen LogP contribution in [0.1, 0.15) is 26.4 Å². The van der Waals surface area contributed by atoms with Crippen LogP contribution in [-0.2, 0) is 6.42 Å². The molecule has 0 saturated carbocycles. The third-order valence-electron chi connectivity index (χ3n) is 4.16. The van der Waals surface area contributed by atoms with Crippen molar-refractivity contribution in [1.29, 1.82) is 0 Å². The lowest BCUT2D eigenvalue weighted by molar-refractivity contribution is 0.0791. The molecule has 0 aliphatic carbocycles. The van der Waals surface area contributed by atoms with Crippen LogP contribution in [0.25, 0.3) is 0 Å². The first kappa shape index (κ1) is 19.2. The Kier molecular flexibility index (Phi) is 6.06. The second-order valence-corrected chi connectivity index (χ2v) is 6.23. The molecule has 3 rings (SSSR count). The number of nitrogens with one attached hydrogen (secondary N) is 1. The Labute approximate surface area is 162 Å². The Bertz CT molecular complexity index is 979. The Morgan fingerprint density at radius 2 is 1.86 bits per heavy atom. The average Bonchev–Trinajstić information content (AvgIpc) is 2.72. The number of rotatable bonds is 6. The second-order valence-electron chi connectivity index (χ2n) is 6.23. The van der Waals surface area contributed by atoms with Crippen molar-refractivity contribution in [1.82, 2.24) is 14.9 Å². The molecule has 0 saturated heterocycles. The third kappa shape index (κ3) is 4.97. The predicted octanol–water partition coefficient (Wildman–Crippen LogP) is 3.18. The first-order chi connectivity index (χ1) is 13.5. The van der Waals surface area contributed by atoms with Gasteiger partial charge in [-0.3, -0.25) is 19.6 Å². The lowest BCUT2D eigenvalue weighted by Crippen LogP contribution is -2.29. The number of nitrogens with zero attached hydrogens (tertiary/aromatic N) is 3. The summed E-state index contributed by atoms with van der Waals surface area (Å²) in [5.41, 5.74) is 1.85. The van der Waals surface area contributed by atoms with Gasteiger partial charge in [-0.2, -0.15) is 0 Å². The third-order valence-corrected chi connectivity index (χ3v) is 4.16. The molecule has 1 N–H and O–H groups in total. The molecular weight excluding hydrogens is 359 g/mol. The van der Waals surface area contributed by atoms with Crippen LogP contribution in [0, 0.1) is 5.82 Å². The highest BCUT2D eigenvalue weighted by Gasteiger charge is 2.16. The van der Waals surface area contributed by atoms with Gasteiger partial charge in [0.15, 0.2) is 0 Å². The van der Waals surface area contributed by atoms with E-state index in [4.69, 9.17) is 0 Å². The highest BCUT2D eigenvalue weighted by Crippen LogP contribution is 2.12. The van der Waals surface area contributed by atoms with E-state index in [1.54, 1.807) is 30.4 Å². The highest BCUT2D eigenvalue weighted by atomic mass is 19.1. The fourth-order valence-electron chi connectivity index (χ4n) is 2.60. The van der Waals surface area contributed by atoms with E-state index in [-0.39, 0.29) is 17.2 Å². The van der Waals surface area contributed by atoms with Crippen LogP contribution in [0.15, 0.2) is 67.1 Å². The molecule has 0 aliphatic rings. The number of hydrogen-bond acceptors (Lipinski definition) is 4. The molecule has 0 aliphatic heterocycles. The summed E-state index contributed by atoms with van der Waals surface area (Å²) in [6.07, 6.45) is 5.51. The van der Waals surface area contributed by atoms with Crippen molar-refractivity contribution in [3.8, 4) is 0 Å². The largest absolute Gasteiger partial charge is 0.340 e. The van der Waals surface area contributed by atoms with Gasteiger partial charge in [-0.1, -0.05) is 6.07 Å². The van der Waals surface area contributed by atoms with Gasteiger partial charge in [-0.25, -0.2) is 4.39 Å². The Hall–Kier alpha value is -3.61. The fraction of sp³-hybridized carbons (Fsp3) is 0.143. The molecular formula is C21H19FN4O2. The van der Waals surface area contributed by atoms with E-state index in [0.29, 0.717) is 18.7 Å². The average molecular weight is 378 g/mol. The molecule has 2 aromatic heterocycles. The number of anilines is 1. The molecule has 142 valence electrons. The summed E-state index contributed by atoms with van der Waals surface area (Å²) in [6, 6.07) is 12.3. The molecule has 0 spiro atoms. The van der Waals surface area contributed by atoms with Crippen LogP contribution < -0.4 is 5.32 Å². The van der Waals surface area contributed by atoms with Gasteiger partial charge >= 0.3 is 0 Å². The predicted molar refractivity (Wildman–Crippen MR) is 103 cm³/mol. The van der Waals surface area contributed by atoms with Crippen LogP contribution in [0.4, 0.5) is 10.1 Å². The Morgan fingerprint density at radius 3 is 2.61 bits per heavy atom. The van der Waals surface area contributed by atoms with Crippen LogP contribution in [-0.4, -0.2) is 40.3 Å². The molecule has 6 nitrogen and oxygen atoms in total.